The fourth-order valence-corrected chi connectivity index (χ4v) is 3.40. The summed E-state index contributed by atoms with van der Waals surface area (Å²) in [5.74, 6) is -2.08. The Bertz CT molecular complexity index is 585. The van der Waals surface area contributed by atoms with Gasteiger partial charge in [-0.15, -0.1) is 0 Å². The van der Waals surface area contributed by atoms with Crippen LogP contribution in [0.25, 0.3) is 0 Å². The van der Waals surface area contributed by atoms with Gasteiger partial charge in [-0.25, -0.2) is 0 Å². The van der Waals surface area contributed by atoms with Crippen molar-refractivity contribution < 1.29 is 19.4 Å². The number of para-hydroxylation sites is 1. The van der Waals surface area contributed by atoms with Gasteiger partial charge in [-0.1, -0.05) is 25.1 Å². The highest BCUT2D eigenvalue weighted by molar-refractivity contribution is 5.99. The number of rotatable bonds is 2. The van der Waals surface area contributed by atoms with Crippen LogP contribution in [0.5, 0.6) is 5.75 Å². The van der Waals surface area contributed by atoms with Crippen LogP contribution in [0.4, 0.5) is 0 Å². The van der Waals surface area contributed by atoms with E-state index in [1.807, 2.05) is 31.2 Å². The number of carbonyl (C=O) groups excluding carboxylic acids is 1. The van der Waals surface area contributed by atoms with Crippen LogP contribution in [0, 0.1) is 5.92 Å². The fourth-order valence-electron chi connectivity index (χ4n) is 3.40. The molecule has 3 rings (SSSR count). The van der Waals surface area contributed by atoms with E-state index in [-0.39, 0.29) is 11.8 Å². The third-order valence-electron chi connectivity index (χ3n) is 4.59. The minimum atomic E-state index is -1.06. The third kappa shape index (κ3) is 1.55. The molecule has 0 unspecified atom stereocenters. The molecule has 1 N–H and O–H groups in total. The zero-order valence-corrected chi connectivity index (χ0v) is 11.5. The number of aliphatic carboxylic acids is 1. The fraction of sp³-hybridized carbons (Fsp3) is 0.467. The average molecular weight is 275 g/mol. The molecule has 1 saturated heterocycles. The number of benzene rings is 1. The van der Waals surface area contributed by atoms with Crippen LogP contribution < -0.4 is 4.74 Å². The molecule has 0 aliphatic carbocycles. The lowest BCUT2D eigenvalue weighted by molar-refractivity contribution is -0.180. The van der Waals surface area contributed by atoms with E-state index in [1.54, 1.807) is 7.05 Å². The smallest absolute Gasteiger partial charge is 0.316 e. The summed E-state index contributed by atoms with van der Waals surface area (Å²) in [6.07, 6.45) is 1.16. The van der Waals surface area contributed by atoms with Gasteiger partial charge in [0.1, 0.15) is 11.7 Å². The molecule has 2 aliphatic rings. The van der Waals surface area contributed by atoms with Crippen molar-refractivity contribution in [2.45, 2.75) is 31.4 Å². The van der Waals surface area contributed by atoms with Crippen LogP contribution in [-0.2, 0) is 9.59 Å². The molecule has 2 aliphatic heterocycles. The number of piperidine rings is 1. The molecule has 1 aromatic rings. The van der Waals surface area contributed by atoms with E-state index < -0.39 is 17.6 Å². The Morgan fingerprint density at radius 3 is 2.85 bits per heavy atom. The summed E-state index contributed by atoms with van der Waals surface area (Å²) in [6.45, 7) is 1.95. The van der Waals surface area contributed by atoms with Gasteiger partial charge in [0.05, 0.1) is 0 Å². The molecule has 2 heterocycles. The first-order valence-corrected chi connectivity index (χ1v) is 6.78. The van der Waals surface area contributed by atoms with Crippen molar-refractivity contribution in [1.29, 1.82) is 0 Å². The zero-order chi connectivity index (χ0) is 14.5. The maximum Gasteiger partial charge on any atom is 0.316 e. The van der Waals surface area contributed by atoms with Gasteiger partial charge in [-0.3, -0.25) is 9.59 Å². The Kier molecular flexibility index (Phi) is 2.74. The number of ether oxygens (including phenoxy) is 1. The maximum atomic E-state index is 12.4. The second-order valence-electron chi connectivity index (χ2n) is 5.46. The van der Waals surface area contributed by atoms with E-state index in [4.69, 9.17) is 4.74 Å². The van der Waals surface area contributed by atoms with Gasteiger partial charge in [0.2, 0.25) is 5.91 Å². The molecule has 0 spiro atoms. The Labute approximate surface area is 117 Å². The summed E-state index contributed by atoms with van der Waals surface area (Å²) in [4.78, 5) is 25.4. The van der Waals surface area contributed by atoms with E-state index in [1.165, 1.54) is 4.90 Å². The number of carboxylic acid groups (broad SMARTS) is 1. The van der Waals surface area contributed by atoms with Gasteiger partial charge < -0.3 is 14.7 Å². The predicted octanol–water partition coefficient (Wildman–Crippen LogP) is 1.83. The monoisotopic (exact) mass is 275 g/mol. The number of amides is 1. The summed E-state index contributed by atoms with van der Waals surface area (Å²) >= 11 is 0. The first kappa shape index (κ1) is 13.0. The minimum Gasteiger partial charge on any atom is -0.481 e. The van der Waals surface area contributed by atoms with Crippen LogP contribution in [0.15, 0.2) is 24.3 Å². The molecule has 1 fully saturated rings. The van der Waals surface area contributed by atoms with Crippen LogP contribution >= 0.6 is 0 Å². The Hall–Kier alpha value is -2.04. The SMILES string of the molecule is CC[C@@]12C[C@@H](c3ccccc3O1)[C@@H](C(=O)O)C(=O)N2C. The first-order chi connectivity index (χ1) is 9.50. The molecule has 5 heteroatoms. The normalized spacial score (nSPS) is 31.5. The maximum absolute atomic E-state index is 12.4. The predicted molar refractivity (Wildman–Crippen MR) is 71.3 cm³/mol. The number of fused-ring (bicyclic) bond motifs is 4. The molecule has 0 saturated carbocycles. The number of likely N-dealkylation sites (tertiary alicyclic amines) is 1. The lowest BCUT2D eigenvalue weighted by Gasteiger charge is -2.52. The Morgan fingerprint density at radius 1 is 1.50 bits per heavy atom. The summed E-state index contributed by atoms with van der Waals surface area (Å²) in [7, 11) is 1.63. The number of hydrogen-bond donors (Lipinski definition) is 1. The lowest BCUT2D eigenvalue weighted by atomic mass is 9.73. The summed E-state index contributed by atoms with van der Waals surface area (Å²) in [5, 5.41) is 9.43. The van der Waals surface area contributed by atoms with E-state index in [0.29, 0.717) is 18.6 Å². The number of nitrogens with zero attached hydrogens (tertiary/aromatic N) is 1. The quantitative estimate of drug-likeness (QED) is 0.836. The minimum absolute atomic E-state index is 0.318. The molecule has 1 aromatic carbocycles. The average Bonchev–Trinajstić information content (AvgIpc) is 2.44. The van der Waals surface area contributed by atoms with Crippen molar-refractivity contribution in [3.05, 3.63) is 29.8 Å². The molecule has 20 heavy (non-hydrogen) atoms. The molecule has 1 amide bonds. The van der Waals surface area contributed by atoms with Crippen LogP contribution in [0.1, 0.15) is 31.2 Å². The van der Waals surface area contributed by atoms with Gasteiger partial charge >= 0.3 is 5.97 Å². The van der Waals surface area contributed by atoms with Gasteiger partial charge in [0, 0.05) is 25.8 Å². The van der Waals surface area contributed by atoms with Crippen molar-refractivity contribution in [2.24, 2.45) is 5.92 Å². The molecular weight excluding hydrogens is 258 g/mol. The molecular formula is C15H17NO4. The molecule has 0 radical (unpaired) electrons. The van der Waals surface area contributed by atoms with Crippen LogP contribution in [0.2, 0.25) is 0 Å². The second-order valence-corrected chi connectivity index (χ2v) is 5.46. The topological polar surface area (TPSA) is 66.8 Å². The lowest BCUT2D eigenvalue weighted by Crippen LogP contribution is -2.63. The van der Waals surface area contributed by atoms with E-state index >= 15 is 0 Å². The second kappa shape index (κ2) is 4.23. The van der Waals surface area contributed by atoms with Crippen molar-refractivity contribution in [2.75, 3.05) is 7.05 Å². The Morgan fingerprint density at radius 2 is 2.20 bits per heavy atom. The Balaban J connectivity index is 2.18. The number of carbonyl (C=O) groups is 2. The van der Waals surface area contributed by atoms with Gasteiger partial charge in [0.25, 0.3) is 0 Å². The number of hydrogen-bond acceptors (Lipinski definition) is 3. The molecule has 106 valence electrons. The van der Waals surface area contributed by atoms with Crippen molar-refractivity contribution in [1.82, 2.24) is 4.90 Å². The third-order valence-corrected chi connectivity index (χ3v) is 4.59. The van der Waals surface area contributed by atoms with Crippen molar-refractivity contribution in [3.63, 3.8) is 0 Å². The first-order valence-electron chi connectivity index (χ1n) is 6.78. The van der Waals surface area contributed by atoms with Crippen LogP contribution in [-0.4, -0.2) is 34.7 Å². The molecule has 2 bridgehead atoms. The van der Waals surface area contributed by atoms with Crippen molar-refractivity contribution >= 4 is 11.9 Å². The van der Waals surface area contributed by atoms with Crippen LogP contribution in [0.3, 0.4) is 0 Å². The standard InChI is InChI=1S/C15H17NO4/c1-3-15-8-10(9-6-4-5-7-11(9)20-15)12(14(18)19)13(17)16(15)2/h4-7,10,12H,3,8H2,1-2H3,(H,18,19)/t10-,12+,15-/m0/s1. The highest BCUT2D eigenvalue weighted by atomic mass is 16.5. The molecule has 3 atom stereocenters. The van der Waals surface area contributed by atoms with E-state index in [2.05, 4.69) is 0 Å². The molecule has 0 aromatic heterocycles. The zero-order valence-electron chi connectivity index (χ0n) is 11.5. The highest BCUT2D eigenvalue weighted by Gasteiger charge is 2.56. The summed E-state index contributed by atoms with van der Waals surface area (Å²) in [6, 6.07) is 7.41. The largest absolute Gasteiger partial charge is 0.481 e. The summed E-state index contributed by atoms with van der Waals surface area (Å²) in [5.41, 5.74) is 0.104. The summed E-state index contributed by atoms with van der Waals surface area (Å²) < 4.78 is 6.06. The van der Waals surface area contributed by atoms with Gasteiger partial charge in [-0.2, -0.15) is 0 Å². The van der Waals surface area contributed by atoms with Gasteiger partial charge in [0.15, 0.2) is 5.72 Å². The van der Waals surface area contributed by atoms with E-state index in [0.717, 1.165) is 5.56 Å². The van der Waals surface area contributed by atoms with Gasteiger partial charge in [-0.05, 0) is 11.6 Å². The molecule has 5 nitrogen and oxygen atoms in total. The number of carboxylic acids is 1. The highest BCUT2D eigenvalue weighted by Crippen LogP contribution is 2.50. The van der Waals surface area contributed by atoms with Crippen molar-refractivity contribution in [3.8, 4) is 5.75 Å². The van der Waals surface area contributed by atoms with E-state index in [9.17, 15) is 14.7 Å².